The van der Waals surface area contributed by atoms with Crippen LogP contribution in [0.4, 0.5) is 4.39 Å². The number of hydrogen-bond acceptors (Lipinski definition) is 3. The van der Waals surface area contributed by atoms with Gasteiger partial charge in [0.2, 0.25) is 0 Å². The Morgan fingerprint density at radius 1 is 1.47 bits per heavy atom. The quantitative estimate of drug-likeness (QED) is 0.907. The normalized spacial score (nSPS) is 23.5. The molecule has 3 nitrogen and oxygen atoms in total. The van der Waals surface area contributed by atoms with Crippen LogP contribution in [0.25, 0.3) is 0 Å². The summed E-state index contributed by atoms with van der Waals surface area (Å²) in [7, 11) is 0. The van der Waals surface area contributed by atoms with Gasteiger partial charge in [-0.05, 0) is 31.9 Å². The molecule has 19 heavy (non-hydrogen) atoms. The molecule has 0 bridgehead atoms. The Morgan fingerprint density at radius 2 is 2.26 bits per heavy atom. The molecule has 0 aromatic carbocycles. The van der Waals surface area contributed by atoms with Gasteiger partial charge in [-0.2, -0.15) is 0 Å². The summed E-state index contributed by atoms with van der Waals surface area (Å²) in [5, 5.41) is 3.59. The summed E-state index contributed by atoms with van der Waals surface area (Å²) in [5.41, 5.74) is 1.07. The number of aromatic nitrogens is 1. The van der Waals surface area contributed by atoms with Crippen LogP contribution in [0.2, 0.25) is 0 Å². The molecule has 1 fully saturated rings. The zero-order valence-corrected chi connectivity index (χ0v) is 12.1. The number of nitrogens with zero attached hydrogens (tertiary/aromatic N) is 2. The van der Waals surface area contributed by atoms with E-state index in [0.29, 0.717) is 6.04 Å². The second-order valence-electron chi connectivity index (χ2n) is 6.12. The van der Waals surface area contributed by atoms with Crippen LogP contribution in [-0.2, 0) is 6.54 Å². The Kier molecular flexibility index (Phi) is 4.53. The van der Waals surface area contributed by atoms with Crippen LogP contribution < -0.4 is 5.32 Å². The molecule has 0 spiro atoms. The molecule has 0 aliphatic carbocycles. The summed E-state index contributed by atoms with van der Waals surface area (Å²) in [6.07, 6.45) is 5.37. The third-order valence-corrected chi connectivity index (χ3v) is 3.70. The molecule has 1 aliphatic rings. The van der Waals surface area contributed by atoms with Gasteiger partial charge in [-0.1, -0.05) is 13.3 Å². The number of hydrogen-bond donors (Lipinski definition) is 1. The van der Waals surface area contributed by atoms with Crippen LogP contribution in [0, 0.1) is 5.82 Å². The molecule has 0 amide bonds. The topological polar surface area (TPSA) is 28.2 Å². The molecule has 1 saturated heterocycles. The molecular formula is C15H24FN3. The van der Waals surface area contributed by atoms with Crippen LogP contribution in [0.5, 0.6) is 0 Å². The van der Waals surface area contributed by atoms with Crippen molar-refractivity contribution in [3.05, 3.63) is 29.8 Å². The predicted molar refractivity (Wildman–Crippen MR) is 75.4 cm³/mol. The van der Waals surface area contributed by atoms with E-state index < -0.39 is 0 Å². The second kappa shape index (κ2) is 5.97. The van der Waals surface area contributed by atoms with Gasteiger partial charge in [0.25, 0.3) is 0 Å². The van der Waals surface area contributed by atoms with E-state index in [0.717, 1.165) is 25.2 Å². The van der Waals surface area contributed by atoms with Crippen molar-refractivity contribution in [2.75, 3.05) is 13.1 Å². The minimum Gasteiger partial charge on any atom is -0.309 e. The lowest BCUT2D eigenvalue weighted by molar-refractivity contribution is 0.0825. The standard InChI is InChI=1S/C15H24FN3/c1-4-5-14-9-18-15(2,3)11-19(14)10-12-6-13(16)8-17-7-12/h6-8,14,18H,4-5,9-11H2,1-3H3. The van der Waals surface area contributed by atoms with Gasteiger partial charge in [0.15, 0.2) is 0 Å². The van der Waals surface area contributed by atoms with Crippen LogP contribution in [0.1, 0.15) is 39.2 Å². The smallest absolute Gasteiger partial charge is 0.141 e. The van der Waals surface area contributed by atoms with Gasteiger partial charge in [0.05, 0.1) is 6.20 Å². The molecule has 1 unspecified atom stereocenters. The number of nitrogens with one attached hydrogen (secondary N) is 1. The summed E-state index contributed by atoms with van der Waals surface area (Å²) in [6, 6.07) is 2.12. The lowest BCUT2D eigenvalue weighted by Gasteiger charge is -2.44. The molecule has 106 valence electrons. The SMILES string of the molecule is CCCC1CNC(C)(C)CN1Cc1cncc(F)c1. The summed E-state index contributed by atoms with van der Waals surface area (Å²) in [6.45, 7) is 9.40. The minimum atomic E-state index is -0.251. The predicted octanol–water partition coefficient (Wildman–Crippen LogP) is 2.57. The third kappa shape index (κ3) is 3.98. The molecule has 1 aliphatic heterocycles. The van der Waals surface area contributed by atoms with Crippen molar-refractivity contribution in [1.29, 1.82) is 0 Å². The molecule has 0 radical (unpaired) electrons. The average molecular weight is 265 g/mol. The maximum Gasteiger partial charge on any atom is 0.141 e. The molecule has 4 heteroatoms. The van der Waals surface area contributed by atoms with E-state index in [-0.39, 0.29) is 11.4 Å². The maximum atomic E-state index is 13.2. The second-order valence-corrected chi connectivity index (χ2v) is 6.12. The van der Waals surface area contributed by atoms with Crippen LogP contribution in [0.3, 0.4) is 0 Å². The van der Waals surface area contributed by atoms with Crippen LogP contribution >= 0.6 is 0 Å². The zero-order chi connectivity index (χ0) is 13.9. The van der Waals surface area contributed by atoms with E-state index in [4.69, 9.17) is 0 Å². The fraction of sp³-hybridized carbons (Fsp3) is 0.667. The highest BCUT2D eigenvalue weighted by Crippen LogP contribution is 2.20. The summed E-state index contributed by atoms with van der Waals surface area (Å²) >= 11 is 0. The molecule has 2 heterocycles. The zero-order valence-electron chi connectivity index (χ0n) is 12.1. The van der Waals surface area contributed by atoms with E-state index >= 15 is 0 Å². The summed E-state index contributed by atoms with van der Waals surface area (Å²) < 4.78 is 13.2. The first-order chi connectivity index (χ1) is 9.00. The van der Waals surface area contributed by atoms with Crippen molar-refractivity contribution in [3.63, 3.8) is 0 Å². The van der Waals surface area contributed by atoms with Gasteiger partial charge in [-0.15, -0.1) is 0 Å². The van der Waals surface area contributed by atoms with E-state index in [9.17, 15) is 4.39 Å². The fourth-order valence-corrected chi connectivity index (χ4v) is 2.80. The number of rotatable bonds is 4. The van der Waals surface area contributed by atoms with Gasteiger partial charge in [-0.25, -0.2) is 4.39 Å². The Hall–Kier alpha value is -1.00. The highest BCUT2D eigenvalue weighted by Gasteiger charge is 2.31. The minimum absolute atomic E-state index is 0.116. The third-order valence-electron chi connectivity index (χ3n) is 3.70. The van der Waals surface area contributed by atoms with Gasteiger partial charge < -0.3 is 5.32 Å². The summed E-state index contributed by atoms with van der Waals surface area (Å²) in [4.78, 5) is 6.39. The first-order valence-corrected chi connectivity index (χ1v) is 7.08. The molecule has 1 aromatic heterocycles. The molecule has 1 atom stereocenters. The van der Waals surface area contributed by atoms with E-state index in [1.54, 1.807) is 12.3 Å². The largest absolute Gasteiger partial charge is 0.309 e. The Bertz CT molecular complexity index is 420. The fourth-order valence-electron chi connectivity index (χ4n) is 2.80. The van der Waals surface area contributed by atoms with E-state index in [1.807, 2.05) is 0 Å². The van der Waals surface area contributed by atoms with Crippen molar-refractivity contribution in [2.24, 2.45) is 0 Å². The number of halogens is 1. The monoisotopic (exact) mass is 265 g/mol. The van der Waals surface area contributed by atoms with Gasteiger partial charge in [0, 0.05) is 37.4 Å². The molecule has 1 N–H and O–H groups in total. The van der Waals surface area contributed by atoms with E-state index in [1.165, 1.54) is 19.0 Å². The molecule has 0 saturated carbocycles. The molecule has 1 aromatic rings. The van der Waals surface area contributed by atoms with Crippen molar-refractivity contribution in [2.45, 2.75) is 51.7 Å². The maximum absolute atomic E-state index is 13.2. The van der Waals surface area contributed by atoms with E-state index in [2.05, 4.69) is 36.0 Å². The van der Waals surface area contributed by atoms with Gasteiger partial charge >= 0.3 is 0 Å². The van der Waals surface area contributed by atoms with Crippen molar-refractivity contribution < 1.29 is 4.39 Å². The number of piperazine rings is 1. The first-order valence-electron chi connectivity index (χ1n) is 7.08. The van der Waals surface area contributed by atoms with Crippen LogP contribution in [0.15, 0.2) is 18.5 Å². The Morgan fingerprint density at radius 3 is 2.95 bits per heavy atom. The van der Waals surface area contributed by atoms with Gasteiger partial charge in [-0.3, -0.25) is 9.88 Å². The Balaban J connectivity index is 2.09. The van der Waals surface area contributed by atoms with Crippen LogP contribution in [-0.4, -0.2) is 34.6 Å². The first kappa shape index (κ1) is 14.4. The lowest BCUT2D eigenvalue weighted by atomic mass is 9.96. The van der Waals surface area contributed by atoms with Crippen molar-refractivity contribution in [1.82, 2.24) is 15.2 Å². The summed E-state index contributed by atoms with van der Waals surface area (Å²) in [5.74, 6) is -0.251. The Labute approximate surface area is 115 Å². The highest BCUT2D eigenvalue weighted by molar-refractivity contribution is 5.11. The average Bonchev–Trinajstić information content (AvgIpc) is 2.32. The molecular weight excluding hydrogens is 241 g/mol. The van der Waals surface area contributed by atoms with Gasteiger partial charge in [0.1, 0.15) is 5.82 Å². The van der Waals surface area contributed by atoms with Crippen molar-refractivity contribution in [3.8, 4) is 0 Å². The van der Waals surface area contributed by atoms with Crippen molar-refractivity contribution >= 4 is 0 Å². The highest BCUT2D eigenvalue weighted by atomic mass is 19.1. The number of pyridine rings is 1. The molecule has 2 rings (SSSR count). The lowest BCUT2D eigenvalue weighted by Crippen LogP contribution is -2.61.